The van der Waals surface area contributed by atoms with Crippen LogP contribution in [-0.2, 0) is 14.3 Å². The summed E-state index contributed by atoms with van der Waals surface area (Å²) in [4.78, 5) is 49.5. The molecular formula is C22H14O9. The number of allylic oxidation sites excluding steroid dienone is 2. The number of phenols is 2. The topological polar surface area (TPSA) is 140 Å². The Morgan fingerprint density at radius 1 is 0.903 bits per heavy atom. The monoisotopic (exact) mass is 422 g/mol. The molecule has 1 aliphatic rings. The molecule has 4 rings (SSSR count). The summed E-state index contributed by atoms with van der Waals surface area (Å²) < 4.78 is 15.6. The van der Waals surface area contributed by atoms with Crippen molar-refractivity contribution in [1.29, 1.82) is 0 Å². The molecule has 1 heterocycles. The number of furan rings is 1. The van der Waals surface area contributed by atoms with Crippen LogP contribution in [0.3, 0.4) is 0 Å². The van der Waals surface area contributed by atoms with Crippen LogP contribution in [0.1, 0.15) is 40.3 Å². The smallest absolute Gasteiger partial charge is 0.308 e. The molecule has 2 N–H and O–H groups in total. The van der Waals surface area contributed by atoms with Crippen molar-refractivity contribution in [3.05, 3.63) is 59.0 Å². The number of Topliss-reactive ketones (excluding diaryl/α,β-unsaturated/α-hetero) is 2. The van der Waals surface area contributed by atoms with Crippen LogP contribution in [0.25, 0.3) is 16.5 Å². The lowest BCUT2D eigenvalue weighted by Gasteiger charge is -2.17. The lowest BCUT2D eigenvalue weighted by atomic mass is 9.88. The SMILES string of the molecule is CC(=O)OC1=C(c2ccc(O)cc2)C(=O)c2oc3cc(O)c(OC(C)=O)cc3c2C1=O. The quantitative estimate of drug-likeness (QED) is 0.481. The maximum Gasteiger partial charge on any atom is 0.308 e. The molecule has 1 aliphatic carbocycles. The van der Waals surface area contributed by atoms with E-state index in [1.54, 1.807) is 0 Å². The van der Waals surface area contributed by atoms with Crippen LogP contribution < -0.4 is 4.74 Å². The highest BCUT2D eigenvalue weighted by molar-refractivity contribution is 6.41. The Morgan fingerprint density at radius 2 is 1.55 bits per heavy atom. The average molecular weight is 422 g/mol. The third kappa shape index (κ3) is 3.31. The Balaban J connectivity index is 1.97. The highest BCUT2D eigenvalue weighted by Crippen LogP contribution is 2.42. The Kier molecular flexibility index (Phi) is 4.58. The van der Waals surface area contributed by atoms with E-state index in [-0.39, 0.29) is 44.9 Å². The molecule has 3 aromatic rings. The minimum atomic E-state index is -0.818. The molecule has 0 bridgehead atoms. The summed E-state index contributed by atoms with van der Waals surface area (Å²) >= 11 is 0. The number of esters is 2. The molecule has 0 atom stereocenters. The van der Waals surface area contributed by atoms with Crippen LogP contribution in [-0.4, -0.2) is 33.7 Å². The van der Waals surface area contributed by atoms with E-state index in [4.69, 9.17) is 13.9 Å². The van der Waals surface area contributed by atoms with Gasteiger partial charge in [0, 0.05) is 25.3 Å². The van der Waals surface area contributed by atoms with Crippen LogP contribution in [0.2, 0.25) is 0 Å². The molecule has 0 unspecified atom stereocenters. The molecule has 1 aromatic heterocycles. The fraction of sp³-hybridized carbons (Fsp3) is 0.0909. The van der Waals surface area contributed by atoms with Gasteiger partial charge in [0.15, 0.2) is 23.0 Å². The summed E-state index contributed by atoms with van der Waals surface area (Å²) in [7, 11) is 0. The van der Waals surface area contributed by atoms with E-state index in [9.17, 15) is 29.4 Å². The maximum atomic E-state index is 13.3. The molecule has 0 radical (unpaired) electrons. The van der Waals surface area contributed by atoms with Crippen LogP contribution in [0, 0.1) is 0 Å². The Hall–Kier alpha value is -4.40. The number of ketones is 2. The summed E-state index contributed by atoms with van der Waals surface area (Å²) in [5, 5.41) is 19.7. The minimum Gasteiger partial charge on any atom is -0.508 e. The molecule has 0 spiro atoms. The first-order valence-corrected chi connectivity index (χ1v) is 8.96. The number of phenolic OH excluding ortho intramolecular Hbond substituents is 2. The van der Waals surface area contributed by atoms with Crippen molar-refractivity contribution in [3.8, 4) is 17.2 Å². The first-order chi connectivity index (χ1) is 14.7. The highest BCUT2D eigenvalue weighted by Gasteiger charge is 2.40. The molecule has 0 aliphatic heterocycles. The third-order valence-electron chi connectivity index (χ3n) is 4.52. The maximum absolute atomic E-state index is 13.3. The zero-order chi connectivity index (χ0) is 22.4. The predicted molar refractivity (Wildman–Crippen MR) is 105 cm³/mol. The van der Waals surface area contributed by atoms with Gasteiger partial charge in [0.1, 0.15) is 11.3 Å². The van der Waals surface area contributed by atoms with Gasteiger partial charge in [-0.2, -0.15) is 0 Å². The largest absolute Gasteiger partial charge is 0.508 e. The van der Waals surface area contributed by atoms with Gasteiger partial charge in [0.2, 0.25) is 11.6 Å². The van der Waals surface area contributed by atoms with Crippen molar-refractivity contribution in [2.45, 2.75) is 13.8 Å². The van der Waals surface area contributed by atoms with E-state index in [0.717, 1.165) is 19.9 Å². The number of aromatic hydroxyl groups is 2. The molecule has 156 valence electrons. The van der Waals surface area contributed by atoms with Crippen molar-refractivity contribution < 1.29 is 43.3 Å². The fourth-order valence-electron chi connectivity index (χ4n) is 3.31. The van der Waals surface area contributed by atoms with Gasteiger partial charge in [-0.1, -0.05) is 12.1 Å². The molecule has 0 saturated heterocycles. The zero-order valence-corrected chi connectivity index (χ0v) is 16.2. The van der Waals surface area contributed by atoms with Crippen molar-refractivity contribution in [3.63, 3.8) is 0 Å². The summed E-state index contributed by atoms with van der Waals surface area (Å²) in [5.41, 5.74) is -0.181. The number of carbonyl (C=O) groups is 4. The van der Waals surface area contributed by atoms with E-state index in [2.05, 4.69) is 0 Å². The van der Waals surface area contributed by atoms with Gasteiger partial charge < -0.3 is 24.1 Å². The van der Waals surface area contributed by atoms with Crippen molar-refractivity contribution >= 4 is 40.0 Å². The van der Waals surface area contributed by atoms with E-state index >= 15 is 0 Å². The number of ether oxygens (including phenoxy) is 2. The summed E-state index contributed by atoms with van der Waals surface area (Å²) in [6.45, 7) is 2.22. The molecule has 0 fully saturated rings. The molecule has 2 aromatic carbocycles. The van der Waals surface area contributed by atoms with Gasteiger partial charge in [-0.3, -0.25) is 19.2 Å². The van der Waals surface area contributed by atoms with E-state index in [1.807, 2.05) is 0 Å². The van der Waals surface area contributed by atoms with Gasteiger partial charge in [0.25, 0.3) is 0 Å². The number of fused-ring (bicyclic) bond motifs is 3. The Labute approximate surface area is 174 Å². The summed E-state index contributed by atoms with van der Waals surface area (Å²) in [6.07, 6.45) is 0. The molecular weight excluding hydrogens is 408 g/mol. The van der Waals surface area contributed by atoms with Gasteiger partial charge in [0.05, 0.1) is 11.1 Å². The van der Waals surface area contributed by atoms with Gasteiger partial charge in [-0.05, 0) is 23.8 Å². The van der Waals surface area contributed by atoms with Crippen LogP contribution in [0.15, 0.2) is 46.6 Å². The van der Waals surface area contributed by atoms with Crippen LogP contribution in [0.5, 0.6) is 17.2 Å². The van der Waals surface area contributed by atoms with Gasteiger partial charge in [-0.15, -0.1) is 0 Å². The second-order valence-corrected chi connectivity index (χ2v) is 6.72. The van der Waals surface area contributed by atoms with Crippen molar-refractivity contribution in [2.75, 3.05) is 0 Å². The van der Waals surface area contributed by atoms with E-state index in [0.29, 0.717) is 0 Å². The van der Waals surface area contributed by atoms with Crippen molar-refractivity contribution in [1.82, 2.24) is 0 Å². The highest BCUT2D eigenvalue weighted by atomic mass is 16.5. The third-order valence-corrected chi connectivity index (χ3v) is 4.52. The number of carbonyl (C=O) groups excluding carboxylic acids is 4. The Morgan fingerprint density at radius 3 is 2.16 bits per heavy atom. The number of hydrogen-bond acceptors (Lipinski definition) is 9. The average Bonchev–Trinajstić information content (AvgIpc) is 3.05. The normalized spacial score (nSPS) is 13.4. The lowest BCUT2D eigenvalue weighted by molar-refractivity contribution is -0.136. The standard InChI is InChI=1S/C22H14O9/c1-9(23)29-16-7-13-15(8-14(16)26)31-22-18(13)20(28)21(30-10(2)24)17(19(22)27)11-3-5-12(25)6-4-11/h3-8,25-26H,1-2H3. The second kappa shape index (κ2) is 7.13. The predicted octanol–water partition coefficient (Wildman–Crippen LogP) is 3.12. The number of benzene rings is 2. The summed E-state index contributed by atoms with van der Waals surface area (Å²) in [6, 6.07) is 7.69. The number of rotatable bonds is 3. The second-order valence-electron chi connectivity index (χ2n) is 6.72. The molecule has 31 heavy (non-hydrogen) atoms. The van der Waals surface area contributed by atoms with E-state index < -0.39 is 35.0 Å². The minimum absolute atomic E-state index is 0.00534. The first kappa shape index (κ1) is 19.9. The van der Waals surface area contributed by atoms with Crippen molar-refractivity contribution in [2.24, 2.45) is 0 Å². The zero-order valence-electron chi connectivity index (χ0n) is 16.2. The summed E-state index contributed by atoms with van der Waals surface area (Å²) in [5.74, 6) is -4.60. The fourth-order valence-corrected chi connectivity index (χ4v) is 3.31. The molecule has 0 saturated carbocycles. The van der Waals surface area contributed by atoms with Gasteiger partial charge in [-0.25, -0.2) is 0 Å². The number of hydrogen-bond donors (Lipinski definition) is 2. The molecule has 9 nitrogen and oxygen atoms in total. The van der Waals surface area contributed by atoms with E-state index in [1.165, 1.54) is 30.3 Å². The molecule has 9 heteroatoms. The van der Waals surface area contributed by atoms with Crippen LogP contribution >= 0.6 is 0 Å². The Bertz CT molecular complexity index is 1320. The van der Waals surface area contributed by atoms with Gasteiger partial charge >= 0.3 is 11.9 Å². The molecule has 0 amide bonds. The van der Waals surface area contributed by atoms with Crippen LogP contribution in [0.4, 0.5) is 0 Å². The first-order valence-electron chi connectivity index (χ1n) is 8.96. The lowest BCUT2D eigenvalue weighted by Crippen LogP contribution is -2.23.